The molecule has 2 N–H and O–H groups in total. The van der Waals surface area contributed by atoms with Gasteiger partial charge in [-0.25, -0.2) is 8.78 Å². The number of nitrogens with zero attached hydrogens (tertiary/aromatic N) is 3. The summed E-state index contributed by atoms with van der Waals surface area (Å²) in [6, 6.07) is 1.40. The molecule has 0 spiro atoms. The van der Waals surface area contributed by atoms with Crippen molar-refractivity contribution in [3.8, 4) is 0 Å². The molecule has 0 bridgehead atoms. The molecule has 0 radical (unpaired) electrons. The summed E-state index contributed by atoms with van der Waals surface area (Å²) in [6.07, 6.45) is 3.76. The van der Waals surface area contributed by atoms with Crippen LogP contribution in [0.1, 0.15) is 30.7 Å². The summed E-state index contributed by atoms with van der Waals surface area (Å²) in [6.45, 7) is 9.91. The third kappa shape index (κ3) is 3.98. The summed E-state index contributed by atoms with van der Waals surface area (Å²) in [5, 5.41) is 10.8. The molecule has 0 saturated carbocycles. The molecule has 2 heterocycles. The molecule has 146 valence electrons. The molecule has 1 fully saturated rings. The van der Waals surface area contributed by atoms with E-state index in [1.165, 1.54) is 10.7 Å². The van der Waals surface area contributed by atoms with Crippen molar-refractivity contribution >= 4 is 16.7 Å². The van der Waals surface area contributed by atoms with Gasteiger partial charge in [-0.1, -0.05) is 13.2 Å². The Hall–Kier alpha value is -2.41. The summed E-state index contributed by atoms with van der Waals surface area (Å²) in [5.74, 6) is -0.674. The van der Waals surface area contributed by atoms with Gasteiger partial charge in [0.15, 0.2) is 11.6 Å². The van der Waals surface area contributed by atoms with E-state index in [-0.39, 0.29) is 11.5 Å². The van der Waals surface area contributed by atoms with E-state index in [1.807, 2.05) is 7.05 Å². The van der Waals surface area contributed by atoms with Gasteiger partial charge in [0.25, 0.3) is 0 Å². The van der Waals surface area contributed by atoms with E-state index in [0.717, 1.165) is 25.9 Å². The Kier molecular flexibility index (Phi) is 5.79. The van der Waals surface area contributed by atoms with E-state index in [9.17, 15) is 4.39 Å². The second kappa shape index (κ2) is 8.08. The van der Waals surface area contributed by atoms with Crippen LogP contribution in [-0.2, 0) is 7.05 Å². The van der Waals surface area contributed by atoms with Crippen LogP contribution in [0.25, 0.3) is 10.9 Å². The highest BCUT2D eigenvalue weighted by Crippen LogP contribution is 2.37. The number of hydrogen-bond donors (Lipinski definition) is 2. The average Bonchev–Trinajstić information content (AvgIpc) is 2.92. The first kappa shape index (κ1) is 19.4. The van der Waals surface area contributed by atoms with E-state index in [2.05, 4.69) is 33.8 Å². The number of rotatable bonds is 7. The molecular weight excluding hydrogens is 348 g/mol. The van der Waals surface area contributed by atoms with Crippen molar-refractivity contribution in [2.45, 2.75) is 25.2 Å². The Bertz CT molecular complexity index is 850. The lowest BCUT2D eigenvalue weighted by Gasteiger charge is -2.29. The highest BCUT2D eigenvalue weighted by Gasteiger charge is 2.28. The van der Waals surface area contributed by atoms with Gasteiger partial charge in [-0.3, -0.25) is 4.68 Å². The molecule has 1 aliphatic rings. The van der Waals surface area contributed by atoms with E-state index in [4.69, 9.17) is 0 Å². The quantitative estimate of drug-likeness (QED) is 0.724. The van der Waals surface area contributed by atoms with Crippen LogP contribution in [0.2, 0.25) is 0 Å². The predicted octanol–water partition coefficient (Wildman–Crippen LogP) is 3.71. The molecule has 0 amide bonds. The van der Waals surface area contributed by atoms with Crippen molar-refractivity contribution in [1.82, 2.24) is 20.0 Å². The fraction of sp³-hybridized carbons (Fsp3) is 0.450. The average molecular weight is 375 g/mol. The van der Waals surface area contributed by atoms with E-state index >= 15 is 4.39 Å². The maximum absolute atomic E-state index is 15.3. The fourth-order valence-electron chi connectivity index (χ4n) is 3.69. The maximum Gasteiger partial charge on any atom is 0.160 e. The number of benzene rings is 1. The van der Waals surface area contributed by atoms with Crippen LogP contribution in [0.5, 0.6) is 0 Å². The molecule has 2 aromatic rings. The zero-order valence-electron chi connectivity index (χ0n) is 16.0. The maximum atomic E-state index is 15.3. The number of aromatic nitrogens is 2. The monoisotopic (exact) mass is 375 g/mol. The van der Waals surface area contributed by atoms with Crippen LogP contribution in [0.3, 0.4) is 0 Å². The molecule has 0 atom stereocenters. The van der Waals surface area contributed by atoms with Crippen molar-refractivity contribution < 1.29 is 8.78 Å². The fourth-order valence-corrected chi connectivity index (χ4v) is 3.69. The number of nitrogens with one attached hydrogen (secondary N) is 2. The van der Waals surface area contributed by atoms with Crippen LogP contribution >= 0.6 is 0 Å². The third-order valence-electron chi connectivity index (χ3n) is 5.19. The van der Waals surface area contributed by atoms with Gasteiger partial charge in [0, 0.05) is 31.3 Å². The molecule has 0 unspecified atom stereocenters. The largest absolute Gasteiger partial charge is 0.391 e. The summed E-state index contributed by atoms with van der Waals surface area (Å²) >= 11 is 0. The zero-order valence-corrected chi connectivity index (χ0v) is 16.0. The van der Waals surface area contributed by atoms with Crippen LogP contribution in [0, 0.1) is 11.6 Å². The normalized spacial score (nSPS) is 15.9. The van der Waals surface area contributed by atoms with Gasteiger partial charge >= 0.3 is 0 Å². The van der Waals surface area contributed by atoms with Crippen LogP contribution in [0.4, 0.5) is 14.6 Å². The highest BCUT2D eigenvalue weighted by molar-refractivity contribution is 5.92. The zero-order chi connectivity index (χ0) is 19.6. The summed E-state index contributed by atoms with van der Waals surface area (Å²) in [4.78, 5) is 2.18. The second-order valence-electron chi connectivity index (χ2n) is 7.17. The Labute approximate surface area is 158 Å². The van der Waals surface area contributed by atoms with Gasteiger partial charge < -0.3 is 15.5 Å². The summed E-state index contributed by atoms with van der Waals surface area (Å²) in [7, 11) is 3.71. The minimum Gasteiger partial charge on any atom is -0.391 e. The Balaban J connectivity index is 1.91. The topological polar surface area (TPSA) is 45.1 Å². The van der Waals surface area contributed by atoms with E-state index < -0.39 is 11.6 Å². The molecule has 1 aromatic carbocycles. The first-order valence-corrected chi connectivity index (χ1v) is 9.24. The van der Waals surface area contributed by atoms with Gasteiger partial charge in [-0.05, 0) is 51.2 Å². The molecule has 5 nitrogen and oxygen atoms in total. The molecule has 1 aliphatic heterocycles. The van der Waals surface area contributed by atoms with E-state index in [0.29, 0.717) is 35.4 Å². The second-order valence-corrected chi connectivity index (χ2v) is 7.17. The summed E-state index contributed by atoms with van der Waals surface area (Å²) in [5.41, 5.74) is 1.23. The standard InChI is InChI=1S/C20H27F2N5/c1-5-23-9-6-13(2)24-20-15-12-16(21)17(14-7-10-26(3)11-8-14)18(22)19(15)27(4)25-20/h5,12,14,23H,1-2,6-11H2,3-4H3,(H,24,25). The number of hydrogen-bond acceptors (Lipinski definition) is 4. The van der Waals surface area contributed by atoms with Crippen molar-refractivity contribution in [1.29, 1.82) is 0 Å². The lowest BCUT2D eigenvalue weighted by Crippen LogP contribution is -2.30. The highest BCUT2D eigenvalue weighted by atomic mass is 19.1. The lowest BCUT2D eigenvalue weighted by atomic mass is 9.88. The van der Waals surface area contributed by atoms with E-state index in [1.54, 1.807) is 13.2 Å². The predicted molar refractivity (Wildman–Crippen MR) is 106 cm³/mol. The number of halogens is 2. The van der Waals surface area contributed by atoms with Gasteiger partial charge in [0.2, 0.25) is 0 Å². The molecule has 1 aromatic heterocycles. The van der Waals surface area contributed by atoms with Gasteiger partial charge in [-0.2, -0.15) is 5.10 Å². The number of fused-ring (bicyclic) bond motifs is 1. The summed E-state index contributed by atoms with van der Waals surface area (Å²) < 4.78 is 31.6. The molecular formula is C20H27F2N5. The number of piperidine rings is 1. The molecule has 0 aliphatic carbocycles. The van der Waals surface area contributed by atoms with Crippen LogP contribution in [-0.4, -0.2) is 41.4 Å². The number of anilines is 1. The molecule has 3 rings (SSSR count). The van der Waals surface area contributed by atoms with Gasteiger partial charge in [0.1, 0.15) is 11.3 Å². The Morgan fingerprint density at radius 2 is 2.04 bits per heavy atom. The van der Waals surface area contributed by atoms with Crippen molar-refractivity contribution in [2.75, 3.05) is 32.0 Å². The van der Waals surface area contributed by atoms with Gasteiger partial charge in [0.05, 0.1) is 5.39 Å². The van der Waals surface area contributed by atoms with Gasteiger partial charge in [-0.15, -0.1) is 0 Å². The lowest BCUT2D eigenvalue weighted by molar-refractivity contribution is 0.250. The smallest absolute Gasteiger partial charge is 0.160 e. The van der Waals surface area contributed by atoms with Crippen molar-refractivity contribution in [3.05, 3.63) is 48.3 Å². The SMILES string of the molecule is C=CNCCC(=C)Nc1nn(C)c2c(F)c(C3CCN(C)CC3)c(F)cc12. The number of aryl methyl sites for hydroxylation is 1. The van der Waals surface area contributed by atoms with Crippen LogP contribution in [0.15, 0.2) is 31.1 Å². The minimum absolute atomic E-state index is 0.100. The molecule has 1 saturated heterocycles. The van der Waals surface area contributed by atoms with Crippen molar-refractivity contribution in [2.24, 2.45) is 7.05 Å². The Morgan fingerprint density at radius 3 is 2.70 bits per heavy atom. The Morgan fingerprint density at radius 1 is 1.33 bits per heavy atom. The first-order valence-electron chi connectivity index (χ1n) is 9.24. The first-order chi connectivity index (χ1) is 12.9. The number of likely N-dealkylation sites (tertiary alicyclic amines) is 1. The molecule has 27 heavy (non-hydrogen) atoms. The third-order valence-corrected chi connectivity index (χ3v) is 5.19. The van der Waals surface area contributed by atoms with Crippen molar-refractivity contribution in [3.63, 3.8) is 0 Å². The minimum atomic E-state index is -0.499. The van der Waals surface area contributed by atoms with Crippen LogP contribution < -0.4 is 10.6 Å². The molecule has 7 heteroatoms.